The van der Waals surface area contributed by atoms with E-state index in [1.807, 2.05) is 47.4 Å². The molecule has 0 N–H and O–H groups in total. The summed E-state index contributed by atoms with van der Waals surface area (Å²) in [6, 6.07) is 17.2. The lowest BCUT2D eigenvalue weighted by molar-refractivity contribution is -0.160. The van der Waals surface area contributed by atoms with E-state index in [0.717, 1.165) is 24.4 Å². The molecule has 0 bridgehead atoms. The van der Waals surface area contributed by atoms with Crippen LogP contribution in [0, 0.1) is 0 Å². The summed E-state index contributed by atoms with van der Waals surface area (Å²) in [5, 5.41) is 0. The summed E-state index contributed by atoms with van der Waals surface area (Å²) in [6.07, 6.45) is 0. The monoisotopic (exact) mass is 409 g/mol. The van der Waals surface area contributed by atoms with Crippen LogP contribution in [-0.2, 0) is 20.9 Å². The molecule has 4 rings (SSSR count). The molecule has 2 heterocycles. The lowest BCUT2D eigenvalue weighted by Crippen LogP contribution is -2.59. The highest BCUT2D eigenvalue weighted by atomic mass is 16.5. The third kappa shape index (κ3) is 4.41. The van der Waals surface area contributed by atoms with Gasteiger partial charge in [0.05, 0.1) is 13.7 Å². The molecule has 0 aromatic heterocycles. The lowest BCUT2D eigenvalue weighted by Gasteiger charge is -2.41. The third-order valence-corrected chi connectivity index (χ3v) is 5.71. The molecular weight excluding hydrogens is 382 g/mol. The van der Waals surface area contributed by atoms with Gasteiger partial charge in [-0.15, -0.1) is 0 Å². The molecule has 30 heavy (non-hydrogen) atoms. The number of nitrogens with zero attached hydrogens (tertiary/aromatic N) is 3. The number of hydrogen-bond donors (Lipinski definition) is 0. The number of rotatable bonds is 5. The summed E-state index contributed by atoms with van der Waals surface area (Å²) < 4.78 is 10.6. The summed E-state index contributed by atoms with van der Waals surface area (Å²) >= 11 is 0. The largest absolute Gasteiger partial charge is 0.497 e. The number of para-hydroxylation sites is 1. The van der Waals surface area contributed by atoms with Gasteiger partial charge in [0.1, 0.15) is 18.4 Å². The molecular formula is C23H27N3O4. The van der Waals surface area contributed by atoms with Crippen LogP contribution in [0.4, 0.5) is 5.69 Å². The maximum atomic E-state index is 13.3. The fraction of sp³-hybridized carbons (Fsp3) is 0.391. The van der Waals surface area contributed by atoms with Gasteiger partial charge in [0.25, 0.3) is 0 Å². The number of hydrogen-bond acceptors (Lipinski definition) is 5. The zero-order valence-corrected chi connectivity index (χ0v) is 17.2. The molecule has 2 aliphatic rings. The van der Waals surface area contributed by atoms with Crippen molar-refractivity contribution in [1.82, 2.24) is 9.80 Å². The number of amides is 2. The Morgan fingerprint density at radius 2 is 1.73 bits per heavy atom. The lowest BCUT2D eigenvalue weighted by atomic mass is 10.1. The van der Waals surface area contributed by atoms with Gasteiger partial charge in [-0.2, -0.15) is 0 Å². The Balaban J connectivity index is 1.41. The van der Waals surface area contributed by atoms with E-state index in [1.165, 1.54) is 5.69 Å². The molecule has 1 atom stereocenters. The van der Waals surface area contributed by atoms with Crippen LogP contribution in [0.3, 0.4) is 0 Å². The second-order valence-electron chi connectivity index (χ2n) is 7.55. The van der Waals surface area contributed by atoms with Crippen molar-refractivity contribution < 1.29 is 19.1 Å². The van der Waals surface area contributed by atoms with Crippen molar-refractivity contribution in [3.05, 3.63) is 60.2 Å². The number of piperazine rings is 1. The van der Waals surface area contributed by atoms with Gasteiger partial charge in [0.15, 0.2) is 0 Å². The molecule has 2 amide bonds. The minimum atomic E-state index is -0.586. The molecule has 7 nitrogen and oxygen atoms in total. The van der Waals surface area contributed by atoms with Gasteiger partial charge in [-0.1, -0.05) is 30.3 Å². The van der Waals surface area contributed by atoms with Crippen LogP contribution in [0.25, 0.3) is 0 Å². The van der Waals surface area contributed by atoms with E-state index in [1.54, 1.807) is 12.0 Å². The van der Waals surface area contributed by atoms with Crippen LogP contribution in [-0.4, -0.2) is 74.2 Å². The van der Waals surface area contributed by atoms with E-state index in [4.69, 9.17) is 9.47 Å². The standard InChI is InChI=1S/C23H27N3O4/c1-29-20-9-7-18(8-10-20)15-26-21(16-30-17-22(26)27)23(28)25-13-11-24(12-14-25)19-5-3-2-4-6-19/h2-10,21H,11-17H2,1H3/t21-/m0/s1. The summed E-state index contributed by atoms with van der Waals surface area (Å²) in [4.78, 5) is 31.6. The highest BCUT2D eigenvalue weighted by molar-refractivity contribution is 5.89. The predicted octanol–water partition coefficient (Wildman–Crippen LogP) is 1.77. The second kappa shape index (κ2) is 9.17. The Labute approximate surface area is 176 Å². The van der Waals surface area contributed by atoms with Gasteiger partial charge < -0.3 is 24.2 Å². The van der Waals surface area contributed by atoms with Crippen LogP contribution in [0.1, 0.15) is 5.56 Å². The molecule has 0 aliphatic carbocycles. The van der Waals surface area contributed by atoms with Gasteiger partial charge >= 0.3 is 0 Å². The van der Waals surface area contributed by atoms with E-state index in [2.05, 4.69) is 17.0 Å². The number of methoxy groups -OCH3 is 1. The van der Waals surface area contributed by atoms with Crippen LogP contribution in [0.5, 0.6) is 5.75 Å². The Bertz CT molecular complexity index is 864. The Kier molecular flexibility index (Phi) is 6.18. The van der Waals surface area contributed by atoms with Crippen molar-refractivity contribution in [2.24, 2.45) is 0 Å². The third-order valence-electron chi connectivity index (χ3n) is 5.71. The average Bonchev–Trinajstić information content (AvgIpc) is 2.81. The minimum Gasteiger partial charge on any atom is -0.497 e. The molecule has 0 saturated carbocycles. The van der Waals surface area contributed by atoms with Crippen LogP contribution in [0.2, 0.25) is 0 Å². The summed E-state index contributed by atoms with van der Waals surface area (Å²) in [5.74, 6) is 0.568. The molecule has 0 spiro atoms. The topological polar surface area (TPSA) is 62.3 Å². The van der Waals surface area contributed by atoms with Gasteiger partial charge in [-0.3, -0.25) is 9.59 Å². The maximum Gasteiger partial charge on any atom is 0.249 e. The second-order valence-corrected chi connectivity index (χ2v) is 7.55. The SMILES string of the molecule is COc1ccc(CN2C(=O)COC[C@H]2C(=O)N2CCN(c3ccccc3)CC2)cc1. The number of carbonyl (C=O) groups excluding carboxylic acids is 2. The molecule has 2 fully saturated rings. The molecule has 2 saturated heterocycles. The highest BCUT2D eigenvalue weighted by Gasteiger charge is 2.37. The molecule has 2 aromatic rings. The number of ether oxygens (including phenoxy) is 2. The number of carbonyl (C=O) groups is 2. The van der Waals surface area contributed by atoms with Crippen LogP contribution >= 0.6 is 0 Å². The number of anilines is 1. The van der Waals surface area contributed by atoms with Crippen molar-refractivity contribution in [3.8, 4) is 5.75 Å². The minimum absolute atomic E-state index is 0.0156. The van der Waals surface area contributed by atoms with Crippen molar-refractivity contribution >= 4 is 17.5 Å². The molecule has 2 aromatic carbocycles. The highest BCUT2D eigenvalue weighted by Crippen LogP contribution is 2.20. The zero-order valence-electron chi connectivity index (χ0n) is 17.2. The molecule has 7 heteroatoms. The van der Waals surface area contributed by atoms with Crippen molar-refractivity contribution in [3.63, 3.8) is 0 Å². The van der Waals surface area contributed by atoms with E-state index >= 15 is 0 Å². The predicted molar refractivity (Wildman–Crippen MR) is 113 cm³/mol. The Morgan fingerprint density at radius 1 is 1.03 bits per heavy atom. The fourth-order valence-electron chi connectivity index (χ4n) is 3.97. The molecule has 0 unspecified atom stereocenters. The smallest absolute Gasteiger partial charge is 0.249 e. The molecule has 2 aliphatic heterocycles. The Hall–Kier alpha value is -3.06. The first kappa shape index (κ1) is 20.2. The average molecular weight is 409 g/mol. The summed E-state index contributed by atoms with van der Waals surface area (Å²) in [7, 11) is 1.62. The van der Waals surface area contributed by atoms with Crippen LogP contribution in [0.15, 0.2) is 54.6 Å². The first-order valence-corrected chi connectivity index (χ1v) is 10.2. The van der Waals surface area contributed by atoms with Crippen LogP contribution < -0.4 is 9.64 Å². The van der Waals surface area contributed by atoms with Gasteiger partial charge in [-0.25, -0.2) is 0 Å². The van der Waals surface area contributed by atoms with Crippen molar-refractivity contribution in [2.45, 2.75) is 12.6 Å². The first-order valence-electron chi connectivity index (χ1n) is 10.2. The van der Waals surface area contributed by atoms with E-state index in [0.29, 0.717) is 19.6 Å². The zero-order chi connectivity index (χ0) is 20.9. The number of morpholine rings is 1. The molecule has 0 radical (unpaired) electrons. The van der Waals surface area contributed by atoms with Gasteiger partial charge in [-0.05, 0) is 29.8 Å². The van der Waals surface area contributed by atoms with Crippen molar-refractivity contribution in [1.29, 1.82) is 0 Å². The van der Waals surface area contributed by atoms with E-state index in [-0.39, 0.29) is 25.0 Å². The quantitative estimate of drug-likeness (QED) is 0.753. The summed E-state index contributed by atoms with van der Waals surface area (Å²) in [6.45, 7) is 3.45. The van der Waals surface area contributed by atoms with Crippen molar-refractivity contribution in [2.75, 3.05) is 51.4 Å². The van der Waals surface area contributed by atoms with Gasteiger partial charge in [0, 0.05) is 38.4 Å². The Morgan fingerprint density at radius 3 is 2.40 bits per heavy atom. The number of benzene rings is 2. The maximum absolute atomic E-state index is 13.3. The normalized spacial score (nSPS) is 19.7. The first-order chi connectivity index (χ1) is 14.7. The van der Waals surface area contributed by atoms with E-state index < -0.39 is 6.04 Å². The summed E-state index contributed by atoms with van der Waals surface area (Å²) in [5.41, 5.74) is 2.12. The van der Waals surface area contributed by atoms with E-state index in [9.17, 15) is 9.59 Å². The fourth-order valence-corrected chi connectivity index (χ4v) is 3.97. The van der Waals surface area contributed by atoms with Gasteiger partial charge in [0.2, 0.25) is 11.8 Å². The molecule has 158 valence electrons.